The van der Waals surface area contributed by atoms with Crippen LogP contribution in [0.5, 0.6) is 0 Å². The number of amides is 1. The van der Waals surface area contributed by atoms with Crippen LogP contribution in [0.1, 0.15) is 76.0 Å². The number of aromatic nitrogens is 1. The standard InChI is InChI=1S/C27H36N4O4S2/c1-5-10-30-24(29-15-17(2)12-18(3)16-29)20(19(4)21(14-28)25(30)34)13-22-26(35)31(27(36)37-22)11-8-6-7-9-23(32)33/h13,17-18H,5-12,15-16H2,1-4H3,(H,32,33)/b22-13+. The van der Waals surface area contributed by atoms with E-state index >= 15 is 0 Å². The lowest BCUT2D eigenvalue weighted by Crippen LogP contribution is -2.43. The Bertz CT molecular complexity index is 1190. The molecule has 1 N–H and O–H groups in total. The van der Waals surface area contributed by atoms with Crippen LogP contribution in [0.2, 0.25) is 0 Å². The van der Waals surface area contributed by atoms with Crippen molar-refractivity contribution in [2.75, 3.05) is 24.5 Å². The second-order valence-electron chi connectivity index (χ2n) is 10.2. The molecule has 0 aliphatic carbocycles. The number of hydrogen-bond acceptors (Lipinski definition) is 7. The lowest BCUT2D eigenvalue weighted by Gasteiger charge is -2.39. The van der Waals surface area contributed by atoms with Gasteiger partial charge in [0, 0.05) is 38.2 Å². The van der Waals surface area contributed by atoms with Gasteiger partial charge in [-0.3, -0.25) is 23.9 Å². The topological polar surface area (TPSA) is 107 Å². The van der Waals surface area contributed by atoms with Crippen LogP contribution >= 0.6 is 24.0 Å². The average molecular weight is 545 g/mol. The van der Waals surface area contributed by atoms with Gasteiger partial charge in [0.2, 0.25) is 0 Å². The number of hydrogen-bond donors (Lipinski definition) is 1. The number of anilines is 1. The van der Waals surface area contributed by atoms with E-state index < -0.39 is 5.97 Å². The Hall–Kier alpha value is -2.64. The zero-order chi connectivity index (χ0) is 27.3. The van der Waals surface area contributed by atoms with Crippen LogP contribution in [0.4, 0.5) is 5.82 Å². The van der Waals surface area contributed by atoms with E-state index in [9.17, 15) is 19.6 Å². The van der Waals surface area contributed by atoms with E-state index in [2.05, 4.69) is 24.8 Å². The molecule has 0 saturated carbocycles. The van der Waals surface area contributed by atoms with Crippen LogP contribution in [0.25, 0.3) is 6.08 Å². The summed E-state index contributed by atoms with van der Waals surface area (Å²) in [6.45, 7) is 10.7. The van der Waals surface area contributed by atoms with Gasteiger partial charge in [0.05, 0.1) is 4.91 Å². The van der Waals surface area contributed by atoms with Gasteiger partial charge in [-0.25, -0.2) is 0 Å². The van der Waals surface area contributed by atoms with Gasteiger partial charge in [-0.05, 0) is 56.1 Å². The highest BCUT2D eigenvalue weighted by molar-refractivity contribution is 8.26. The highest BCUT2D eigenvalue weighted by atomic mass is 32.2. The number of thioether (sulfide) groups is 1. The fourth-order valence-electron chi connectivity index (χ4n) is 5.30. The van der Waals surface area contributed by atoms with Gasteiger partial charge < -0.3 is 10.0 Å². The summed E-state index contributed by atoms with van der Waals surface area (Å²) in [5.41, 5.74) is 1.14. The highest BCUT2D eigenvalue weighted by Crippen LogP contribution is 2.37. The molecule has 1 amide bonds. The number of carboxylic acids is 1. The summed E-state index contributed by atoms with van der Waals surface area (Å²) >= 11 is 6.74. The monoisotopic (exact) mass is 544 g/mol. The lowest BCUT2D eigenvalue weighted by molar-refractivity contribution is -0.137. The number of carboxylic acid groups (broad SMARTS) is 1. The minimum atomic E-state index is -0.821. The molecule has 2 fully saturated rings. The number of thiocarbonyl (C=S) groups is 1. The number of carbonyl (C=O) groups excluding carboxylic acids is 1. The minimum Gasteiger partial charge on any atom is -0.481 e. The third-order valence-corrected chi connectivity index (χ3v) is 8.26. The molecule has 2 aliphatic heterocycles. The van der Waals surface area contributed by atoms with Crippen molar-refractivity contribution in [3.8, 4) is 6.07 Å². The molecular formula is C27H36N4O4S2. The zero-order valence-corrected chi connectivity index (χ0v) is 23.7. The van der Waals surface area contributed by atoms with E-state index in [1.165, 1.54) is 11.8 Å². The van der Waals surface area contributed by atoms with Gasteiger partial charge >= 0.3 is 5.97 Å². The Balaban J connectivity index is 2.03. The molecule has 2 saturated heterocycles. The Morgan fingerprint density at radius 2 is 1.86 bits per heavy atom. The van der Waals surface area contributed by atoms with Crippen LogP contribution in [0.15, 0.2) is 9.70 Å². The second kappa shape index (κ2) is 12.7. The van der Waals surface area contributed by atoms with Gasteiger partial charge in [0.15, 0.2) is 0 Å². The van der Waals surface area contributed by atoms with E-state index in [4.69, 9.17) is 17.3 Å². The minimum absolute atomic E-state index is 0.107. The molecule has 2 aliphatic rings. The Labute approximate surface area is 228 Å². The number of carbonyl (C=O) groups is 2. The molecule has 3 rings (SSSR count). The van der Waals surface area contributed by atoms with Crippen LogP contribution < -0.4 is 10.5 Å². The molecule has 2 unspecified atom stereocenters. The normalized spacial score (nSPS) is 21.1. The van der Waals surface area contributed by atoms with Crippen LogP contribution in [-0.2, 0) is 16.1 Å². The molecule has 200 valence electrons. The van der Waals surface area contributed by atoms with Crippen LogP contribution in [0, 0.1) is 30.1 Å². The first kappa shape index (κ1) is 28.9. The van der Waals surface area contributed by atoms with E-state index in [0.29, 0.717) is 59.0 Å². The molecular weight excluding hydrogens is 508 g/mol. The van der Waals surface area contributed by atoms with Crippen molar-refractivity contribution in [1.82, 2.24) is 9.47 Å². The maximum absolute atomic E-state index is 13.4. The second-order valence-corrected chi connectivity index (χ2v) is 11.9. The first-order chi connectivity index (χ1) is 17.6. The molecule has 0 aromatic carbocycles. The zero-order valence-electron chi connectivity index (χ0n) is 22.1. The van der Waals surface area contributed by atoms with Gasteiger partial charge in [-0.1, -0.05) is 51.2 Å². The number of nitrogens with zero attached hydrogens (tertiary/aromatic N) is 4. The lowest BCUT2D eigenvalue weighted by atomic mass is 9.91. The Morgan fingerprint density at radius 3 is 2.46 bits per heavy atom. The molecule has 2 atom stereocenters. The predicted octanol–water partition coefficient (Wildman–Crippen LogP) is 4.77. The molecule has 1 aromatic rings. The third kappa shape index (κ3) is 6.63. The summed E-state index contributed by atoms with van der Waals surface area (Å²) in [7, 11) is 0. The Morgan fingerprint density at radius 1 is 1.19 bits per heavy atom. The summed E-state index contributed by atoms with van der Waals surface area (Å²) in [5, 5.41) is 18.7. The van der Waals surface area contributed by atoms with Crippen molar-refractivity contribution in [3.05, 3.63) is 31.9 Å². The third-order valence-electron chi connectivity index (χ3n) is 6.88. The van der Waals surface area contributed by atoms with Crippen molar-refractivity contribution in [3.63, 3.8) is 0 Å². The summed E-state index contributed by atoms with van der Waals surface area (Å²) < 4.78 is 2.18. The Kier molecular flexibility index (Phi) is 9.96. The van der Waals surface area contributed by atoms with Crippen molar-refractivity contribution in [2.45, 2.75) is 72.8 Å². The summed E-state index contributed by atoms with van der Waals surface area (Å²) in [6.07, 6.45) is 5.71. The van der Waals surface area contributed by atoms with Crippen molar-refractivity contribution in [2.24, 2.45) is 11.8 Å². The van der Waals surface area contributed by atoms with Crippen molar-refractivity contribution in [1.29, 1.82) is 5.26 Å². The van der Waals surface area contributed by atoms with Crippen LogP contribution in [-0.4, -0.2) is 50.4 Å². The van der Waals surface area contributed by atoms with E-state index in [-0.39, 0.29) is 23.5 Å². The van der Waals surface area contributed by atoms with Gasteiger partial charge in [0.25, 0.3) is 11.5 Å². The van der Waals surface area contributed by atoms with E-state index in [1.54, 1.807) is 16.4 Å². The van der Waals surface area contributed by atoms with Crippen LogP contribution in [0.3, 0.4) is 0 Å². The smallest absolute Gasteiger partial charge is 0.303 e. The molecule has 3 heterocycles. The first-order valence-corrected chi connectivity index (χ1v) is 14.2. The molecule has 0 spiro atoms. The van der Waals surface area contributed by atoms with Gasteiger partial charge in [-0.2, -0.15) is 5.26 Å². The molecule has 10 heteroatoms. The number of pyridine rings is 1. The SMILES string of the molecule is CCCn1c(N2CC(C)CC(C)C2)c(/C=C2/SC(=S)N(CCCCCC(=O)O)C2=O)c(C)c(C#N)c1=O. The fourth-order valence-corrected chi connectivity index (χ4v) is 6.59. The number of nitriles is 1. The number of aliphatic carboxylic acids is 1. The quantitative estimate of drug-likeness (QED) is 0.255. The largest absolute Gasteiger partial charge is 0.481 e. The first-order valence-electron chi connectivity index (χ1n) is 13.0. The predicted molar refractivity (Wildman–Crippen MR) is 152 cm³/mol. The van der Waals surface area contributed by atoms with Gasteiger partial charge in [-0.15, -0.1) is 0 Å². The summed E-state index contributed by atoms with van der Waals surface area (Å²) in [4.78, 5) is 41.7. The molecule has 8 nitrogen and oxygen atoms in total. The molecule has 37 heavy (non-hydrogen) atoms. The van der Waals surface area contributed by atoms with E-state index in [1.807, 2.05) is 13.0 Å². The maximum Gasteiger partial charge on any atom is 0.303 e. The molecule has 0 bridgehead atoms. The summed E-state index contributed by atoms with van der Waals surface area (Å²) in [5.74, 6) is 0.680. The van der Waals surface area contributed by atoms with Gasteiger partial charge in [0.1, 0.15) is 21.8 Å². The highest BCUT2D eigenvalue weighted by Gasteiger charge is 2.34. The number of rotatable bonds is 10. The maximum atomic E-state index is 13.4. The van der Waals surface area contributed by atoms with E-state index in [0.717, 1.165) is 37.3 Å². The average Bonchev–Trinajstić information content (AvgIpc) is 3.08. The molecule has 0 radical (unpaired) electrons. The number of piperidine rings is 1. The molecule has 1 aromatic heterocycles. The van der Waals surface area contributed by atoms with Crippen molar-refractivity contribution >= 4 is 52.1 Å². The fraction of sp³-hybridized carbons (Fsp3) is 0.593. The summed E-state index contributed by atoms with van der Waals surface area (Å²) in [6, 6.07) is 2.10. The van der Waals surface area contributed by atoms with Crippen molar-refractivity contribution < 1.29 is 14.7 Å². The number of unbranched alkanes of at least 4 members (excludes halogenated alkanes) is 2.